The number of rotatable bonds is 10. The van der Waals surface area contributed by atoms with E-state index in [9.17, 15) is 23.3 Å². The molecular formula is C24H25N3O5S. The van der Waals surface area contributed by atoms with Crippen LogP contribution in [0.2, 0.25) is 0 Å². The summed E-state index contributed by atoms with van der Waals surface area (Å²) in [5.41, 5.74) is 0.918. The number of sulfonamides is 1. The lowest BCUT2D eigenvalue weighted by Crippen LogP contribution is -2.43. The zero-order valence-electron chi connectivity index (χ0n) is 18.1. The molecule has 0 spiro atoms. The third-order valence-electron chi connectivity index (χ3n) is 5.06. The van der Waals surface area contributed by atoms with Gasteiger partial charge in [0, 0.05) is 18.2 Å². The summed E-state index contributed by atoms with van der Waals surface area (Å²) in [5, 5.41) is 14.0. The fourth-order valence-electron chi connectivity index (χ4n) is 3.35. The van der Waals surface area contributed by atoms with Crippen molar-refractivity contribution in [3.05, 3.63) is 101 Å². The number of anilines is 1. The summed E-state index contributed by atoms with van der Waals surface area (Å²) in [5.74, 6) is -0.499. The number of nitrogens with zero attached hydrogens (tertiary/aromatic N) is 2. The highest BCUT2D eigenvalue weighted by Crippen LogP contribution is 2.26. The molecule has 3 aromatic carbocycles. The van der Waals surface area contributed by atoms with Gasteiger partial charge in [0.05, 0.1) is 15.5 Å². The monoisotopic (exact) mass is 467 g/mol. The fraction of sp³-hybridized carbons (Fsp3) is 0.208. The summed E-state index contributed by atoms with van der Waals surface area (Å²) in [6, 6.07) is 22.5. The molecule has 0 aliphatic heterocycles. The first kappa shape index (κ1) is 23.9. The van der Waals surface area contributed by atoms with Gasteiger partial charge in [-0.15, -0.1) is 0 Å². The van der Waals surface area contributed by atoms with Crippen molar-refractivity contribution in [1.82, 2.24) is 5.32 Å². The highest BCUT2D eigenvalue weighted by atomic mass is 32.2. The van der Waals surface area contributed by atoms with Crippen molar-refractivity contribution in [2.75, 3.05) is 10.8 Å². The van der Waals surface area contributed by atoms with E-state index in [2.05, 4.69) is 5.32 Å². The minimum Gasteiger partial charge on any atom is -0.352 e. The van der Waals surface area contributed by atoms with E-state index in [0.29, 0.717) is 6.42 Å². The number of nitrogens with one attached hydrogen (secondary N) is 1. The van der Waals surface area contributed by atoms with Crippen LogP contribution in [0.3, 0.4) is 0 Å². The fourth-order valence-corrected chi connectivity index (χ4v) is 4.78. The van der Waals surface area contributed by atoms with Gasteiger partial charge in [-0.25, -0.2) is 8.42 Å². The lowest BCUT2D eigenvalue weighted by molar-refractivity contribution is -0.384. The van der Waals surface area contributed by atoms with Crippen LogP contribution >= 0.6 is 0 Å². The average molecular weight is 468 g/mol. The normalized spacial score (nSPS) is 12.0. The summed E-state index contributed by atoms with van der Waals surface area (Å²) < 4.78 is 27.5. The topological polar surface area (TPSA) is 110 Å². The molecule has 1 amide bonds. The molecule has 0 aromatic heterocycles. The molecule has 1 N–H and O–H groups in total. The van der Waals surface area contributed by atoms with Crippen molar-refractivity contribution in [2.45, 2.75) is 30.7 Å². The van der Waals surface area contributed by atoms with Gasteiger partial charge in [-0.3, -0.25) is 19.2 Å². The molecule has 8 nitrogen and oxygen atoms in total. The first-order valence-corrected chi connectivity index (χ1v) is 11.9. The Balaban J connectivity index is 1.80. The predicted molar refractivity (Wildman–Crippen MR) is 126 cm³/mol. The summed E-state index contributed by atoms with van der Waals surface area (Å²) in [6.45, 7) is 1.35. The number of nitro benzene ring substituents is 1. The third-order valence-corrected chi connectivity index (χ3v) is 6.85. The van der Waals surface area contributed by atoms with Crippen molar-refractivity contribution in [3.63, 3.8) is 0 Å². The highest BCUT2D eigenvalue weighted by molar-refractivity contribution is 7.92. The Labute approximate surface area is 193 Å². The predicted octanol–water partition coefficient (Wildman–Crippen LogP) is 3.93. The zero-order valence-corrected chi connectivity index (χ0v) is 18.9. The van der Waals surface area contributed by atoms with Crippen LogP contribution in [0.15, 0.2) is 89.8 Å². The highest BCUT2D eigenvalue weighted by Gasteiger charge is 2.28. The standard InChI is InChI=1S/C24H25N3O5S/c1-19(15-16-20-9-4-2-5-10-20)25-24(28)18-26(21-11-8-12-22(17-21)27(29)30)33(31,32)23-13-6-3-7-14-23/h2-14,17,19H,15-16,18H2,1H3,(H,25,28)/t19-/m1/s1. The SMILES string of the molecule is C[C@H](CCc1ccccc1)NC(=O)CN(c1cccc([N+](=O)[O-])c1)S(=O)(=O)c1ccccc1. The van der Waals surface area contributed by atoms with E-state index in [0.717, 1.165) is 22.4 Å². The minimum absolute atomic E-state index is 0.0126. The second kappa shape index (κ2) is 10.7. The average Bonchev–Trinajstić information content (AvgIpc) is 2.82. The molecule has 0 heterocycles. The van der Waals surface area contributed by atoms with E-state index in [4.69, 9.17) is 0 Å². The quantitative estimate of drug-likeness (QED) is 0.359. The lowest BCUT2D eigenvalue weighted by atomic mass is 10.1. The van der Waals surface area contributed by atoms with Gasteiger partial charge < -0.3 is 5.32 Å². The Hall–Kier alpha value is -3.72. The number of hydrogen-bond donors (Lipinski definition) is 1. The Morgan fingerprint density at radius 2 is 1.64 bits per heavy atom. The van der Waals surface area contributed by atoms with Gasteiger partial charge in [0.1, 0.15) is 6.54 Å². The molecular weight excluding hydrogens is 442 g/mol. The van der Waals surface area contributed by atoms with Gasteiger partial charge in [0.25, 0.3) is 15.7 Å². The van der Waals surface area contributed by atoms with E-state index < -0.39 is 27.4 Å². The molecule has 0 saturated carbocycles. The number of amides is 1. The molecule has 0 aliphatic carbocycles. The van der Waals surface area contributed by atoms with E-state index >= 15 is 0 Å². The lowest BCUT2D eigenvalue weighted by Gasteiger charge is -2.25. The van der Waals surface area contributed by atoms with Crippen LogP contribution in [-0.2, 0) is 21.2 Å². The molecule has 9 heteroatoms. The molecule has 0 bridgehead atoms. The molecule has 1 atom stereocenters. The summed E-state index contributed by atoms with van der Waals surface area (Å²) in [4.78, 5) is 23.4. The Morgan fingerprint density at radius 3 is 2.27 bits per heavy atom. The summed E-state index contributed by atoms with van der Waals surface area (Å²) in [7, 11) is -4.13. The van der Waals surface area contributed by atoms with Gasteiger partial charge in [0.2, 0.25) is 5.91 Å². The van der Waals surface area contributed by atoms with Crippen LogP contribution in [0.4, 0.5) is 11.4 Å². The Bertz CT molecular complexity index is 1200. The number of hydrogen-bond acceptors (Lipinski definition) is 5. The largest absolute Gasteiger partial charge is 0.352 e. The van der Waals surface area contributed by atoms with E-state index in [1.165, 1.54) is 30.3 Å². The van der Waals surface area contributed by atoms with Crippen LogP contribution < -0.4 is 9.62 Å². The van der Waals surface area contributed by atoms with Crippen molar-refractivity contribution < 1.29 is 18.1 Å². The van der Waals surface area contributed by atoms with E-state index in [1.54, 1.807) is 18.2 Å². The maximum atomic E-state index is 13.3. The Kier molecular flexibility index (Phi) is 7.78. The van der Waals surface area contributed by atoms with Gasteiger partial charge in [-0.05, 0) is 43.5 Å². The van der Waals surface area contributed by atoms with Crippen LogP contribution in [0.1, 0.15) is 18.9 Å². The molecule has 0 unspecified atom stereocenters. The summed E-state index contributed by atoms with van der Waals surface area (Å²) in [6.07, 6.45) is 1.44. The van der Waals surface area contributed by atoms with E-state index in [1.807, 2.05) is 37.3 Å². The number of benzene rings is 3. The van der Waals surface area contributed by atoms with Gasteiger partial charge in [-0.2, -0.15) is 0 Å². The number of non-ortho nitro benzene ring substituents is 1. The second-order valence-electron chi connectivity index (χ2n) is 7.59. The molecule has 0 radical (unpaired) electrons. The Morgan fingerprint density at radius 1 is 1.00 bits per heavy atom. The maximum absolute atomic E-state index is 13.3. The van der Waals surface area contributed by atoms with Crippen molar-refractivity contribution in [3.8, 4) is 0 Å². The third kappa shape index (κ3) is 6.39. The minimum atomic E-state index is -4.13. The zero-order chi connectivity index (χ0) is 23.8. The van der Waals surface area contributed by atoms with Crippen molar-refractivity contribution >= 4 is 27.3 Å². The molecule has 0 fully saturated rings. The molecule has 3 rings (SSSR count). The molecule has 172 valence electrons. The summed E-state index contributed by atoms with van der Waals surface area (Å²) >= 11 is 0. The van der Waals surface area contributed by atoms with Gasteiger partial charge in [0.15, 0.2) is 0 Å². The number of nitro groups is 1. The number of aryl methyl sites for hydroxylation is 1. The van der Waals surface area contributed by atoms with Crippen molar-refractivity contribution in [2.24, 2.45) is 0 Å². The van der Waals surface area contributed by atoms with Gasteiger partial charge in [-0.1, -0.05) is 54.6 Å². The first-order chi connectivity index (χ1) is 15.8. The van der Waals surface area contributed by atoms with Gasteiger partial charge >= 0.3 is 0 Å². The number of carbonyl (C=O) groups excluding carboxylic acids is 1. The maximum Gasteiger partial charge on any atom is 0.271 e. The number of carbonyl (C=O) groups is 1. The molecule has 0 aliphatic rings. The van der Waals surface area contributed by atoms with Crippen molar-refractivity contribution in [1.29, 1.82) is 0 Å². The van der Waals surface area contributed by atoms with Crippen LogP contribution in [-0.4, -0.2) is 31.8 Å². The van der Waals surface area contributed by atoms with E-state index in [-0.39, 0.29) is 22.3 Å². The molecule has 33 heavy (non-hydrogen) atoms. The second-order valence-corrected chi connectivity index (χ2v) is 9.46. The smallest absolute Gasteiger partial charge is 0.271 e. The molecule has 3 aromatic rings. The van der Waals surface area contributed by atoms with Crippen LogP contribution in [0.25, 0.3) is 0 Å². The van der Waals surface area contributed by atoms with Crippen LogP contribution in [0, 0.1) is 10.1 Å². The molecule has 0 saturated heterocycles. The first-order valence-electron chi connectivity index (χ1n) is 10.4. The van der Waals surface area contributed by atoms with Crippen LogP contribution in [0.5, 0.6) is 0 Å².